The number of allylic oxidation sites excluding steroid dienone is 3. The number of hydrogen-bond donors (Lipinski definition) is 5. The molecule has 5 amide bonds. The molecule has 0 unspecified atom stereocenters. The smallest absolute Gasteiger partial charge is 0.330 e. The van der Waals surface area contributed by atoms with E-state index in [-0.39, 0.29) is 48.5 Å². The van der Waals surface area contributed by atoms with E-state index in [0.717, 1.165) is 44.9 Å². The van der Waals surface area contributed by atoms with Gasteiger partial charge >= 0.3 is 23.7 Å². The van der Waals surface area contributed by atoms with E-state index in [0.29, 0.717) is 33.8 Å². The Balaban J connectivity index is 1.14. The van der Waals surface area contributed by atoms with Crippen LogP contribution in [0, 0.1) is 30.2 Å². The Labute approximate surface area is 427 Å². The number of nitrogens with two attached hydrogens (primary N) is 1. The minimum absolute atomic E-state index is 0.191. The van der Waals surface area contributed by atoms with Crippen molar-refractivity contribution in [1.29, 1.82) is 0 Å². The fourth-order valence-electron chi connectivity index (χ4n) is 8.73. The van der Waals surface area contributed by atoms with Crippen LogP contribution in [0.1, 0.15) is 74.5 Å². The van der Waals surface area contributed by atoms with Crippen LogP contribution in [0.5, 0.6) is 0 Å². The van der Waals surface area contributed by atoms with Crippen LogP contribution in [0.15, 0.2) is 99.9 Å². The number of benzene rings is 4. The molecule has 75 heavy (non-hydrogen) atoms. The Hall–Kier alpha value is -8.66. The number of nitrogens with zero attached hydrogens (tertiary/aromatic N) is 5. The molecule has 18 nitrogen and oxygen atoms in total. The topological polar surface area (TPSA) is 247 Å². The van der Waals surface area contributed by atoms with Crippen molar-refractivity contribution in [2.45, 2.75) is 65.2 Å². The molecule has 22 heteroatoms. The summed E-state index contributed by atoms with van der Waals surface area (Å²) < 4.78 is 64.9. The molecule has 5 aromatic rings. The maximum Gasteiger partial charge on any atom is 0.330 e. The lowest BCUT2D eigenvalue weighted by molar-refractivity contribution is -0.140. The van der Waals surface area contributed by atoms with Gasteiger partial charge in [0, 0.05) is 84.1 Å². The Morgan fingerprint density at radius 3 is 1.48 bits per heavy atom. The second kappa shape index (κ2) is 23.0. The van der Waals surface area contributed by atoms with E-state index in [1.54, 1.807) is 65.2 Å². The second-order valence-electron chi connectivity index (χ2n) is 17.9. The molecule has 4 aromatic carbocycles. The maximum atomic E-state index is 15.7. The van der Waals surface area contributed by atoms with Crippen LogP contribution in [-0.2, 0) is 54.4 Å². The minimum atomic E-state index is -1.69. The first-order chi connectivity index (χ1) is 35.4. The third-order valence-electron chi connectivity index (χ3n) is 13.0. The van der Waals surface area contributed by atoms with E-state index in [1.165, 1.54) is 52.7 Å². The van der Waals surface area contributed by atoms with Gasteiger partial charge in [-0.3, -0.25) is 28.6 Å². The second-order valence-corrected chi connectivity index (χ2v) is 17.9. The monoisotopic (exact) mass is 1040 g/mol. The number of likely N-dealkylation sites (N-methyl/N-ethyl adjacent to an activating group) is 1. The van der Waals surface area contributed by atoms with Crippen molar-refractivity contribution in [3.05, 3.63) is 179 Å². The lowest BCUT2D eigenvalue weighted by Crippen LogP contribution is -2.43. The molecule has 6 N–H and O–H groups in total. The Morgan fingerprint density at radius 1 is 0.653 bits per heavy atom. The Bertz CT molecular complexity index is 3270. The van der Waals surface area contributed by atoms with Gasteiger partial charge in [0.15, 0.2) is 0 Å². The highest BCUT2D eigenvalue weighted by Crippen LogP contribution is 2.35. The third kappa shape index (κ3) is 11.9. The van der Waals surface area contributed by atoms with Crippen molar-refractivity contribution in [3.8, 4) is 11.1 Å². The number of halogens is 4. The number of carboxylic acids is 2. The van der Waals surface area contributed by atoms with Gasteiger partial charge in [-0.05, 0) is 78.4 Å². The van der Waals surface area contributed by atoms with E-state index in [4.69, 9.17) is 5.73 Å². The van der Waals surface area contributed by atoms with E-state index in [1.807, 2.05) is 0 Å². The average molecular weight is 1040 g/mol. The molecule has 0 saturated heterocycles. The van der Waals surface area contributed by atoms with Gasteiger partial charge in [-0.1, -0.05) is 54.6 Å². The number of aromatic nitrogens is 2. The van der Waals surface area contributed by atoms with E-state index < -0.39 is 100 Å². The molecule has 1 aliphatic rings. The molecule has 1 aliphatic heterocycles. The molecule has 1 aromatic heterocycles. The zero-order valence-corrected chi connectivity index (χ0v) is 41.9. The predicted molar refractivity (Wildman–Crippen MR) is 267 cm³/mol. The largest absolute Gasteiger partial charge is 0.480 e. The molecule has 0 spiro atoms. The SMILES string of the molecule is CC=C1C(c2ccc(C[C@H](NC(=O)c3c(F)cc(CN(Cc4cc(F)c(C(=O)N[C@@H](Cc5ccc(-c6c(C)n(C)c(=O)n(C)c6=O)cc5)C(=O)O)c(F)c4)C(=O)CCN)cc3F)C(=O)O)cc2)=C(C)N(C)C(=O)N1C. The first-order valence-electron chi connectivity index (χ1n) is 23.2. The Kier molecular flexibility index (Phi) is 17.1. The lowest BCUT2D eigenvalue weighted by Gasteiger charge is -2.36. The molecule has 6 rings (SSSR count). The van der Waals surface area contributed by atoms with Gasteiger partial charge in [-0.15, -0.1) is 0 Å². The molecule has 2 atom stereocenters. The highest BCUT2D eigenvalue weighted by atomic mass is 19.1. The highest BCUT2D eigenvalue weighted by molar-refractivity contribution is 5.98. The average Bonchev–Trinajstić information content (AvgIpc) is 3.35. The number of rotatable bonds is 18. The molecular formula is C53H54F4N8O10. The molecule has 0 bridgehead atoms. The first kappa shape index (κ1) is 55.7. The van der Waals surface area contributed by atoms with Gasteiger partial charge in [-0.25, -0.2) is 36.7 Å². The van der Waals surface area contributed by atoms with Crippen LogP contribution in [-0.4, -0.2) is 102 Å². The van der Waals surface area contributed by atoms with Gasteiger partial charge < -0.3 is 40.9 Å². The number of hydrogen-bond acceptors (Lipinski definition) is 9. The maximum absolute atomic E-state index is 15.7. The number of aliphatic carboxylic acids is 2. The summed E-state index contributed by atoms with van der Waals surface area (Å²) in [7, 11) is 6.10. The molecular weight excluding hydrogens is 985 g/mol. The predicted octanol–water partition coefficient (Wildman–Crippen LogP) is 4.98. The van der Waals surface area contributed by atoms with E-state index >= 15 is 17.6 Å². The summed E-state index contributed by atoms with van der Waals surface area (Å²) in [5.74, 6) is -12.3. The first-order valence-corrected chi connectivity index (χ1v) is 23.2. The summed E-state index contributed by atoms with van der Waals surface area (Å²) in [5.41, 5.74) is 6.48. The Morgan fingerprint density at radius 2 is 1.08 bits per heavy atom. The summed E-state index contributed by atoms with van der Waals surface area (Å²) in [6.07, 6.45) is 0.835. The summed E-state index contributed by atoms with van der Waals surface area (Å²) in [4.78, 5) is 106. The van der Waals surface area contributed by atoms with E-state index in [2.05, 4.69) is 10.6 Å². The van der Waals surface area contributed by atoms with Gasteiger partial charge in [0.05, 0.1) is 11.3 Å². The molecule has 394 valence electrons. The van der Waals surface area contributed by atoms with Crippen LogP contribution >= 0.6 is 0 Å². The molecule has 0 aliphatic carbocycles. The van der Waals surface area contributed by atoms with Gasteiger partial charge in [-0.2, -0.15) is 0 Å². The van der Waals surface area contributed by atoms with Crippen molar-refractivity contribution >= 4 is 41.3 Å². The zero-order chi connectivity index (χ0) is 55.3. The molecule has 0 saturated carbocycles. The molecule has 2 heterocycles. The van der Waals surface area contributed by atoms with Gasteiger partial charge in [0.2, 0.25) is 5.91 Å². The quantitative estimate of drug-likeness (QED) is 0.0733. The van der Waals surface area contributed by atoms with Crippen LogP contribution in [0.25, 0.3) is 16.7 Å². The number of carboxylic acid groups (broad SMARTS) is 2. The van der Waals surface area contributed by atoms with Crippen molar-refractivity contribution in [2.75, 3.05) is 20.6 Å². The van der Waals surface area contributed by atoms with Crippen molar-refractivity contribution in [3.63, 3.8) is 0 Å². The molecule has 0 fully saturated rings. The zero-order valence-electron chi connectivity index (χ0n) is 41.9. The number of urea groups is 1. The number of nitrogens with one attached hydrogen (secondary N) is 2. The van der Waals surface area contributed by atoms with Crippen molar-refractivity contribution < 1.29 is 56.5 Å². The molecule has 0 radical (unpaired) electrons. The lowest BCUT2D eigenvalue weighted by atomic mass is 9.95. The normalized spacial score (nSPS) is 14.0. The number of amides is 5. The standard InChI is InChI=1S/C53H54F4N8O10/c1-8-41-43(27(2)61(4)52(74)63(41)6)33-13-9-29(10-14-33)23-39(50(70)71)59-47(67)45-35(54)19-31(20-36(45)55)25-65(42(66)17-18-58)26-32-21-37(56)46(38(57)22-32)48(68)60-40(51(72)73)24-30-11-15-34(16-12-30)44-28(3)62(5)53(75)64(7)49(44)69/h8-16,19-22,39-40H,17-18,23-26,58H2,1-7H3,(H,59,67)(H,60,68)(H,70,71)(H,72,73)/t39-,40-/m0/s1. The van der Waals surface area contributed by atoms with Gasteiger partial charge in [0.25, 0.3) is 17.4 Å². The summed E-state index contributed by atoms with van der Waals surface area (Å²) in [5, 5.41) is 24.2. The fraction of sp³-hybridized carbons (Fsp3) is 0.283. The van der Waals surface area contributed by atoms with Gasteiger partial charge in [0.1, 0.15) is 46.5 Å². The highest BCUT2D eigenvalue weighted by Gasteiger charge is 2.32. The summed E-state index contributed by atoms with van der Waals surface area (Å²) in [6.45, 7) is 3.81. The van der Waals surface area contributed by atoms with Crippen LogP contribution in [0.2, 0.25) is 0 Å². The van der Waals surface area contributed by atoms with E-state index in [9.17, 15) is 48.6 Å². The third-order valence-corrected chi connectivity index (χ3v) is 13.0. The van der Waals surface area contributed by atoms with Crippen LogP contribution in [0.3, 0.4) is 0 Å². The summed E-state index contributed by atoms with van der Waals surface area (Å²) >= 11 is 0. The van der Waals surface area contributed by atoms with Crippen LogP contribution in [0.4, 0.5) is 22.4 Å². The number of carbonyl (C=O) groups excluding carboxylic acids is 4. The summed E-state index contributed by atoms with van der Waals surface area (Å²) in [6, 6.07) is 12.0. The minimum Gasteiger partial charge on any atom is -0.480 e. The van der Waals surface area contributed by atoms with Crippen LogP contribution < -0.4 is 27.6 Å². The van der Waals surface area contributed by atoms with Crippen molar-refractivity contribution in [2.24, 2.45) is 19.8 Å². The van der Waals surface area contributed by atoms with Crippen molar-refractivity contribution in [1.82, 2.24) is 34.5 Å². The number of carbonyl (C=O) groups is 6. The fourth-order valence-corrected chi connectivity index (χ4v) is 8.73.